The van der Waals surface area contributed by atoms with Crippen LogP contribution in [0.15, 0.2) is 54.6 Å². The average molecular weight is 283 g/mol. The lowest BCUT2D eigenvalue weighted by atomic mass is 10.1. The van der Waals surface area contributed by atoms with Crippen molar-refractivity contribution in [3.05, 3.63) is 65.7 Å². The maximum Gasteiger partial charge on any atom is 0.143 e. The Morgan fingerprint density at radius 3 is 2.48 bits per heavy atom. The minimum absolute atomic E-state index is 0.162. The summed E-state index contributed by atoms with van der Waals surface area (Å²) in [5.41, 5.74) is 4.39. The van der Waals surface area contributed by atoms with E-state index >= 15 is 0 Å². The van der Waals surface area contributed by atoms with Gasteiger partial charge in [-0.25, -0.2) is 5.84 Å². The fourth-order valence-electron chi connectivity index (χ4n) is 2.13. The van der Waals surface area contributed by atoms with Gasteiger partial charge in [0, 0.05) is 0 Å². The van der Waals surface area contributed by atoms with Crippen molar-refractivity contribution < 1.29 is 4.74 Å². The van der Waals surface area contributed by atoms with Crippen molar-refractivity contribution in [1.29, 1.82) is 5.41 Å². The molecule has 0 aliphatic rings. The first-order valence-corrected chi connectivity index (χ1v) is 7.12. The third-order valence-corrected chi connectivity index (χ3v) is 3.26. The summed E-state index contributed by atoms with van der Waals surface area (Å²) in [6.45, 7) is 0.641. The number of para-hydroxylation sites is 1. The first-order chi connectivity index (χ1) is 10.3. The molecule has 0 spiro atoms. The van der Waals surface area contributed by atoms with E-state index < -0.39 is 0 Å². The van der Waals surface area contributed by atoms with E-state index in [1.54, 1.807) is 0 Å². The lowest BCUT2D eigenvalue weighted by Crippen LogP contribution is -2.30. The number of amidine groups is 1. The van der Waals surface area contributed by atoms with Gasteiger partial charge in [-0.05, 0) is 37.0 Å². The molecular weight excluding hydrogens is 262 g/mol. The van der Waals surface area contributed by atoms with Gasteiger partial charge in [-0.2, -0.15) is 0 Å². The monoisotopic (exact) mass is 283 g/mol. The second-order valence-corrected chi connectivity index (χ2v) is 4.81. The van der Waals surface area contributed by atoms with Crippen molar-refractivity contribution in [3.63, 3.8) is 0 Å². The van der Waals surface area contributed by atoms with Gasteiger partial charge in [0.2, 0.25) is 0 Å². The molecule has 2 aromatic carbocycles. The highest BCUT2D eigenvalue weighted by Gasteiger charge is 2.06. The highest BCUT2D eigenvalue weighted by molar-refractivity contribution is 5.98. The molecule has 0 saturated heterocycles. The van der Waals surface area contributed by atoms with E-state index in [2.05, 4.69) is 29.7 Å². The number of hydrazine groups is 1. The van der Waals surface area contributed by atoms with Gasteiger partial charge >= 0.3 is 0 Å². The Labute approximate surface area is 125 Å². The fraction of sp³-hybridized carbons (Fsp3) is 0.235. The van der Waals surface area contributed by atoms with Crippen LogP contribution in [0.1, 0.15) is 24.0 Å². The molecule has 0 amide bonds. The van der Waals surface area contributed by atoms with Crippen LogP contribution in [-0.4, -0.2) is 12.4 Å². The molecule has 0 saturated carbocycles. The standard InChI is InChI=1S/C17H21N3O/c18-17(20-19)15-11-4-5-12-16(15)21-13-7-6-10-14-8-2-1-3-9-14/h1-5,8-9,11-12H,6-7,10,13,19H2,(H2,18,20). The van der Waals surface area contributed by atoms with Gasteiger partial charge in [0.15, 0.2) is 0 Å². The van der Waals surface area contributed by atoms with Crippen LogP contribution >= 0.6 is 0 Å². The molecule has 0 aliphatic heterocycles. The van der Waals surface area contributed by atoms with Crippen molar-refractivity contribution >= 4 is 5.84 Å². The molecule has 0 unspecified atom stereocenters. The van der Waals surface area contributed by atoms with Crippen molar-refractivity contribution in [2.24, 2.45) is 5.84 Å². The normalized spacial score (nSPS) is 10.1. The van der Waals surface area contributed by atoms with Gasteiger partial charge in [-0.15, -0.1) is 0 Å². The van der Waals surface area contributed by atoms with Crippen molar-refractivity contribution in [2.75, 3.05) is 6.61 Å². The highest BCUT2D eigenvalue weighted by Crippen LogP contribution is 2.18. The molecule has 4 nitrogen and oxygen atoms in total. The molecule has 0 fully saturated rings. The summed E-state index contributed by atoms with van der Waals surface area (Å²) in [5, 5.41) is 7.73. The Bertz CT molecular complexity index is 569. The zero-order valence-electron chi connectivity index (χ0n) is 12.0. The van der Waals surface area contributed by atoms with E-state index in [0.717, 1.165) is 19.3 Å². The molecular formula is C17H21N3O. The molecule has 110 valence electrons. The molecule has 0 heterocycles. The summed E-state index contributed by atoms with van der Waals surface area (Å²) >= 11 is 0. The topological polar surface area (TPSA) is 71.1 Å². The molecule has 0 aromatic heterocycles. The summed E-state index contributed by atoms with van der Waals surface area (Å²) in [4.78, 5) is 0. The van der Waals surface area contributed by atoms with Crippen LogP contribution in [-0.2, 0) is 6.42 Å². The number of hydrogen-bond donors (Lipinski definition) is 3. The third-order valence-electron chi connectivity index (χ3n) is 3.26. The summed E-state index contributed by atoms with van der Waals surface area (Å²) in [5.74, 6) is 6.14. The number of unbranched alkanes of at least 4 members (excludes halogenated alkanes) is 1. The molecule has 2 aromatic rings. The average Bonchev–Trinajstić information content (AvgIpc) is 2.55. The maximum atomic E-state index is 7.73. The van der Waals surface area contributed by atoms with Crippen molar-refractivity contribution in [2.45, 2.75) is 19.3 Å². The van der Waals surface area contributed by atoms with Gasteiger partial charge in [0.1, 0.15) is 11.6 Å². The van der Waals surface area contributed by atoms with Crippen LogP contribution in [0.3, 0.4) is 0 Å². The molecule has 4 heteroatoms. The second-order valence-electron chi connectivity index (χ2n) is 4.81. The zero-order chi connectivity index (χ0) is 14.9. The first-order valence-electron chi connectivity index (χ1n) is 7.12. The quantitative estimate of drug-likeness (QED) is 0.240. The zero-order valence-corrected chi connectivity index (χ0v) is 12.0. The predicted octanol–water partition coefficient (Wildman–Crippen LogP) is 2.88. The summed E-state index contributed by atoms with van der Waals surface area (Å²) in [7, 11) is 0. The molecule has 0 aliphatic carbocycles. The van der Waals surface area contributed by atoms with Crippen LogP contribution in [0, 0.1) is 5.41 Å². The smallest absolute Gasteiger partial charge is 0.143 e. The molecule has 2 rings (SSSR count). The number of nitrogens with one attached hydrogen (secondary N) is 2. The van der Waals surface area contributed by atoms with E-state index in [9.17, 15) is 0 Å². The van der Waals surface area contributed by atoms with Crippen molar-refractivity contribution in [1.82, 2.24) is 5.43 Å². The summed E-state index contributed by atoms with van der Waals surface area (Å²) < 4.78 is 5.76. The highest BCUT2D eigenvalue weighted by atomic mass is 16.5. The second kappa shape index (κ2) is 8.07. The lowest BCUT2D eigenvalue weighted by Gasteiger charge is -2.11. The SMILES string of the molecule is N=C(NN)c1ccccc1OCCCCc1ccccc1. The van der Waals surface area contributed by atoms with E-state index in [4.69, 9.17) is 16.0 Å². The summed E-state index contributed by atoms with van der Waals surface area (Å²) in [6.07, 6.45) is 3.12. The Kier molecular flexibility index (Phi) is 5.79. The minimum Gasteiger partial charge on any atom is -0.493 e. The number of benzene rings is 2. The third kappa shape index (κ3) is 4.61. The molecule has 0 bridgehead atoms. The van der Waals surface area contributed by atoms with Crippen molar-refractivity contribution in [3.8, 4) is 5.75 Å². The van der Waals surface area contributed by atoms with Gasteiger partial charge < -0.3 is 10.2 Å². The minimum atomic E-state index is 0.162. The van der Waals surface area contributed by atoms with Crippen LogP contribution in [0.25, 0.3) is 0 Å². The Morgan fingerprint density at radius 2 is 1.71 bits per heavy atom. The van der Waals surface area contributed by atoms with Crippen LogP contribution in [0.4, 0.5) is 0 Å². The van der Waals surface area contributed by atoms with Gasteiger partial charge in [-0.1, -0.05) is 42.5 Å². The van der Waals surface area contributed by atoms with E-state index in [0.29, 0.717) is 17.9 Å². The van der Waals surface area contributed by atoms with E-state index in [-0.39, 0.29) is 5.84 Å². The number of aryl methyl sites for hydroxylation is 1. The summed E-state index contributed by atoms with van der Waals surface area (Å²) in [6, 6.07) is 17.9. The van der Waals surface area contributed by atoms with Crippen LogP contribution < -0.4 is 16.0 Å². The molecule has 21 heavy (non-hydrogen) atoms. The number of hydrogen-bond acceptors (Lipinski definition) is 3. The first kappa shape index (κ1) is 15.1. The Morgan fingerprint density at radius 1 is 1.00 bits per heavy atom. The molecule has 0 atom stereocenters. The number of rotatable bonds is 7. The van der Waals surface area contributed by atoms with Gasteiger partial charge in [0.25, 0.3) is 0 Å². The maximum absolute atomic E-state index is 7.73. The van der Waals surface area contributed by atoms with E-state index in [1.165, 1.54) is 5.56 Å². The lowest BCUT2D eigenvalue weighted by molar-refractivity contribution is 0.306. The van der Waals surface area contributed by atoms with Gasteiger partial charge in [-0.3, -0.25) is 5.41 Å². The number of nitrogens with two attached hydrogens (primary N) is 1. The molecule has 0 radical (unpaired) electrons. The van der Waals surface area contributed by atoms with E-state index in [1.807, 2.05) is 30.3 Å². The van der Waals surface area contributed by atoms with Crippen LogP contribution in [0.2, 0.25) is 0 Å². The Balaban J connectivity index is 1.77. The largest absolute Gasteiger partial charge is 0.493 e. The van der Waals surface area contributed by atoms with Crippen LogP contribution in [0.5, 0.6) is 5.75 Å². The fourth-order valence-corrected chi connectivity index (χ4v) is 2.13. The predicted molar refractivity (Wildman–Crippen MR) is 85.5 cm³/mol. The molecule has 4 N–H and O–H groups in total. The number of ether oxygens (including phenoxy) is 1. The van der Waals surface area contributed by atoms with Gasteiger partial charge in [0.05, 0.1) is 12.2 Å². The Hall–Kier alpha value is -2.33.